The first-order valence-corrected chi connectivity index (χ1v) is 11.6. The Morgan fingerprint density at radius 2 is 1.87 bits per heavy atom. The highest BCUT2D eigenvalue weighted by Crippen LogP contribution is 2.31. The molecule has 1 fully saturated rings. The maximum Gasteiger partial charge on any atom is 0.270 e. The third-order valence-corrected chi connectivity index (χ3v) is 7.46. The molecule has 0 atom stereocenters. The van der Waals surface area contributed by atoms with Crippen LogP contribution < -0.4 is 4.74 Å². The Labute approximate surface area is 181 Å². The van der Waals surface area contributed by atoms with Crippen molar-refractivity contribution < 1.29 is 17.6 Å². The van der Waals surface area contributed by atoms with Crippen LogP contribution in [-0.2, 0) is 23.2 Å². The molecule has 1 heterocycles. The van der Waals surface area contributed by atoms with Crippen LogP contribution in [0.2, 0.25) is 0 Å². The second-order valence-electron chi connectivity index (χ2n) is 7.68. The van der Waals surface area contributed by atoms with Crippen LogP contribution in [0.3, 0.4) is 0 Å². The van der Waals surface area contributed by atoms with Crippen LogP contribution in [0.5, 0.6) is 5.75 Å². The average Bonchev–Trinajstić information content (AvgIpc) is 3.52. The minimum atomic E-state index is -3.54. The summed E-state index contributed by atoms with van der Waals surface area (Å²) in [7, 11) is 1.15. The van der Waals surface area contributed by atoms with Gasteiger partial charge in [0.15, 0.2) is 5.58 Å². The van der Waals surface area contributed by atoms with Crippen LogP contribution in [0.1, 0.15) is 18.4 Å². The van der Waals surface area contributed by atoms with Gasteiger partial charge in [-0.3, -0.25) is 9.47 Å². The number of benzene rings is 2. The fourth-order valence-electron chi connectivity index (χ4n) is 3.43. The van der Waals surface area contributed by atoms with E-state index < -0.39 is 10.0 Å². The molecule has 4 rings (SSSR count). The lowest BCUT2D eigenvalue weighted by Gasteiger charge is -2.23. The molecule has 3 aromatic rings. The predicted octanol–water partition coefficient (Wildman–Crippen LogP) is 3.84. The monoisotopic (exact) mass is 447 g/mol. The van der Waals surface area contributed by atoms with Gasteiger partial charge >= 0.3 is 0 Å². The molecule has 1 aliphatic rings. The molecule has 1 saturated carbocycles. The zero-order chi connectivity index (χ0) is 21.5. The van der Waals surface area contributed by atoms with E-state index in [0.717, 1.165) is 25.1 Å². The van der Waals surface area contributed by atoms with Crippen LogP contribution in [0.4, 0.5) is 0 Å². The molecule has 0 spiro atoms. The van der Waals surface area contributed by atoms with Crippen molar-refractivity contribution in [3.8, 4) is 5.75 Å². The lowest BCUT2D eigenvalue weighted by molar-refractivity contribution is 0.197. The van der Waals surface area contributed by atoms with Gasteiger partial charge in [-0.05, 0) is 61.0 Å². The molecule has 160 valence electrons. The van der Waals surface area contributed by atoms with Crippen LogP contribution in [0.15, 0.2) is 51.8 Å². The summed E-state index contributed by atoms with van der Waals surface area (Å²) in [5, 5.41) is 0. The molecular weight excluding hydrogens is 422 g/mol. The summed E-state index contributed by atoms with van der Waals surface area (Å²) in [6, 6.07) is 13.4. The van der Waals surface area contributed by atoms with E-state index in [-0.39, 0.29) is 4.90 Å². The summed E-state index contributed by atoms with van der Waals surface area (Å²) in [6.45, 7) is 1.30. The number of ether oxygens (including phenoxy) is 1. The molecule has 1 aliphatic carbocycles. The second kappa shape index (κ2) is 8.14. The summed E-state index contributed by atoms with van der Waals surface area (Å²) < 4.78 is 39.2. The average molecular weight is 448 g/mol. The van der Waals surface area contributed by atoms with Crippen LogP contribution in [-0.4, -0.2) is 49.4 Å². The van der Waals surface area contributed by atoms with Gasteiger partial charge in [-0.25, -0.2) is 12.7 Å². The van der Waals surface area contributed by atoms with Gasteiger partial charge in [0.05, 0.1) is 24.2 Å². The molecule has 7 nitrogen and oxygen atoms in total. The Morgan fingerprint density at radius 3 is 2.47 bits per heavy atom. The SMILES string of the molecule is COc1ccc(CN(Cn2c(=S)oc3ccc(S(=O)(=O)N(C)C)cc32)C2CC2)cc1. The van der Waals surface area contributed by atoms with Gasteiger partial charge in [0.25, 0.3) is 4.84 Å². The second-order valence-corrected chi connectivity index (χ2v) is 10.2. The van der Waals surface area contributed by atoms with Crippen LogP contribution >= 0.6 is 12.2 Å². The number of oxazole rings is 1. The summed E-state index contributed by atoms with van der Waals surface area (Å²) in [5.74, 6) is 0.828. The van der Waals surface area contributed by atoms with Crippen LogP contribution in [0, 0.1) is 4.84 Å². The zero-order valence-electron chi connectivity index (χ0n) is 17.2. The zero-order valence-corrected chi connectivity index (χ0v) is 18.9. The molecule has 0 unspecified atom stereocenters. The lowest BCUT2D eigenvalue weighted by atomic mass is 10.2. The first-order valence-electron chi connectivity index (χ1n) is 9.72. The van der Waals surface area contributed by atoms with Crippen molar-refractivity contribution in [1.29, 1.82) is 0 Å². The van der Waals surface area contributed by atoms with Crippen molar-refractivity contribution in [3.05, 3.63) is 52.9 Å². The lowest BCUT2D eigenvalue weighted by Crippen LogP contribution is -2.28. The number of rotatable bonds is 8. The Hall–Kier alpha value is -2.20. The first-order chi connectivity index (χ1) is 14.3. The smallest absolute Gasteiger partial charge is 0.270 e. The van der Waals surface area contributed by atoms with Crippen molar-refractivity contribution in [2.45, 2.75) is 37.0 Å². The molecule has 0 bridgehead atoms. The molecular formula is C21H25N3O4S2. The van der Waals surface area contributed by atoms with E-state index in [1.807, 2.05) is 16.7 Å². The van der Waals surface area contributed by atoms with Gasteiger partial charge < -0.3 is 9.15 Å². The van der Waals surface area contributed by atoms with E-state index in [1.54, 1.807) is 25.3 Å². The standard InChI is InChI=1S/C21H25N3O4S2/c1-22(2)30(25,26)18-10-11-20-19(12-18)24(21(29)28-20)14-23(16-6-7-16)13-15-4-8-17(27-3)9-5-15/h4-5,8-12,16H,6-7,13-14H2,1-3H3. The molecule has 0 amide bonds. The fraction of sp³-hybridized carbons (Fsp3) is 0.381. The van der Waals surface area contributed by atoms with Gasteiger partial charge in [0.1, 0.15) is 5.75 Å². The summed E-state index contributed by atoms with van der Waals surface area (Å²) in [4.78, 5) is 2.90. The van der Waals surface area contributed by atoms with Crippen LogP contribution in [0.25, 0.3) is 11.1 Å². The number of aromatic nitrogens is 1. The molecule has 1 aromatic heterocycles. The Morgan fingerprint density at radius 1 is 1.17 bits per heavy atom. The largest absolute Gasteiger partial charge is 0.497 e. The third kappa shape index (κ3) is 4.15. The first kappa shape index (κ1) is 21.0. The van der Waals surface area contributed by atoms with E-state index in [2.05, 4.69) is 17.0 Å². The minimum absolute atomic E-state index is 0.220. The number of fused-ring (bicyclic) bond motifs is 1. The Kier molecular flexibility index (Phi) is 5.71. The minimum Gasteiger partial charge on any atom is -0.497 e. The highest BCUT2D eigenvalue weighted by atomic mass is 32.2. The van der Waals surface area contributed by atoms with E-state index in [9.17, 15) is 8.42 Å². The number of hydrogen-bond donors (Lipinski definition) is 0. The topological polar surface area (TPSA) is 67.9 Å². The molecule has 30 heavy (non-hydrogen) atoms. The van der Waals surface area contributed by atoms with Crippen molar-refractivity contribution >= 4 is 33.3 Å². The Bertz CT molecular complexity index is 1210. The quantitative estimate of drug-likeness (QED) is 0.489. The maximum absolute atomic E-state index is 12.6. The van der Waals surface area contributed by atoms with E-state index >= 15 is 0 Å². The number of hydrogen-bond acceptors (Lipinski definition) is 6. The van der Waals surface area contributed by atoms with Crippen molar-refractivity contribution in [3.63, 3.8) is 0 Å². The fourth-order valence-corrected chi connectivity index (χ4v) is 4.60. The summed E-state index contributed by atoms with van der Waals surface area (Å²) >= 11 is 5.46. The predicted molar refractivity (Wildman–Crippen MR) is 117 cm³/mol. The van der Waals surface area contributed by atoms with E-state index in [0.29, 0.717) is 28.6 Å². The summed E-state index contributed by atoms with van der Waals surface area (Å²) in [5.41, 5.74) is 2.44. The normalized spacial score (nSPS) is 14.7. The highest BCUT2D eigenvalue weighted by Gasteiger charge is 2.30. The number of methoxy groups -OCH3 is 1. The highest BCUT2D eigenvalue weighted by molar-refractivity contribution is 7.89. The van der Waals surface area contributed by atoms with Crippen molar-refractivity contribution in [2.24, 2.45) is 0 Å². The molecule has 0 aliphatic heterocycles. The van der Waals surface area contributed by atoms with E-state index in [4.69, 9.17) is 21.4 Å². The molecule has 9 heteroatoms. The van der Waals surface area contributed by atoms with Gasteiger partial charge in [-0.2, -0.15) is 0 Å². The maximum atomic E-state index is 12.6. The Balaban J connectivity index is 1.66. The molecule has 0 N–H and O–H groups in total. The molecule has 0 radical (unpaired) electrons. The van der Waals surface area contributed by atoms with Gasteiger partial charge in [-0.1, -0.05) is 12.1 Å². The van der Waals surface area contributed by atoms with Crippen molar-refractivity contribution in [2.75, 3.05) is 21.2 Å². The molecule has 2 aromatic carbocycles. The summed E-state index contributed by atoms with van der Waals surface area (Å²) in [6.07, 6.45) is 2.28. The van der Waals surface area contributed by atoms with Gasteiger partial charge in [0, 0.05) is 26.7 Å². The van der Waals surface area contributed by atoms with Gasteiger partial charge in [-0.15, -0.1) is 0 Å². The number of nitrogens with zero attached hydrogens (tertiary/aromatic N) is 3. The van der Waals surface area contributed by atoms with E-state index in [1.165, 1.54) is 24.0 Å². The number of sulfonamides is 1. The van der Waals surface area contributed by atoms with Gasteiger partial charge in [0.2, 0.25) is 10.0 Å². The third-order valence-electron chi connectivity index (χ3n) is 5.35. The van der Waals surface area contributed by atoms with Crippen molar-refractivity contribution in [1.82, 2.24) is 13.8 Å². The molecule has 0 saturated heterocycles.